The highest BCUT2D eigenvalue weighted by Crippen LogP contribution is 2.20. The van der Waals surface area contributed by atoms with Gasteiger partial charge >= 0.3 is 10.0 Å². The third kappa shape index (κ3) is 13.3. The fourth-order valence-corrected chi connectivity index (χ4v) is 2.43. The predicted octanol–water partition coefficient (Wildman–Crippen LogP) is 2.41. The Bertz CT molecular complexity index is 127. The first-order valence-electron chi connectivity index (χ1n) is 3.62. The molecule has 13 heavy (non-hydrogen) atoms. The highest BCUT2D eigenvalue weighted by Gasteiger charge is 2.18. The van der Waals surface area contributed by atoms with Gasteiger partial charge in [-0.1, -0.05) is 46.4 Å². The standard InChI is InChI=1S/C6H12Cl4O2Si/c1-5(7,8)3-11-13-12-4-6(2,9)10/h3-4,13H2,1-2H3. The maximum Gasteiger partial charge on any atom is 0.304 e. The minimum atomic E-state index is -1.09. The summed E-state index contributed by atoms with van der Waals surface area (Å²) in [6.45, 7) is 3.81. The summed E-state index contributed by atoms with van der Waals surface area (Å²) in [6.07, 6.45) is 0. The van der Waals surface area contributed by atoms with E-state index in [0.717, 1.165) is 0 Å². The minimum absolute atomic E-state index is 0.254. The van der Waals surface area contributed by atoms with Gasteiger partial charge in [0.05, 0.1) is 13.2 Å². The van der Waals surface area contributed by atoms with E-state index in [9.17, 15) is 0 Å². The molecule has 2 nitrogen and oxygen atoms in total. The van der Waals surface area contributed by atoms with E-state index >= 15 is 0 Å². The molecule has 0 aromatic carbocycles. The first-order chi connectivity index (χ1) is 5.71. The van der Waals surface area contributed by atoms with Gasteiger partial charge < -0.3 is 8.85 Å². The van der Waals surface area contributed by atoms with E-state index < -0.39 is 18.7 Å². The number of hydrogen-bond donors (Lipinski definition) is 0. The molecule has 0 rings (SSSR count). The molecule has 80 valence electrons. The average molecular weight is 286 g/mol. The molecule has 0 saturated heterocycles. The largest absolute Gasteiger partial charge is 0.396 e. The maximum absolute atomic E-state index is 5.66. The first-order valence-corrected chi connectivity index (χ1v) is 6.28. The van der Waals surface area contributed by atoms with E-state index in [1.54, 1.807) is 13.8 Å². The zero-order valence-electron chi connectivity index (χ0n) is 7.45. The zero-order chi connectivity index (χ0) is 10.5. The molecule has 0 atom stereocenters. The van der Waals surface area contributed by atoms with Crippen LogP contribution in [0.2, 0.25) is 0 Å². The summed E-state index contributed by atoms with van der Waals surface area (Å²) < 4.78 is 8.54. The Kier molecular flexibility index (Phi) is 6.61. The summed E-state index contributed by atoms with van der Waals surface area (Å²) >= 11 is 22.6. The molecule has 0 fully saturated rings. The van der Waals surface area contributed by atoms with Gasteiger partial charge in [-0.05, 0) is 13.8 Å². The second-order valence-electron chi connectivity index (χ2n) is 2.96. The molecule has 7 heteroatoms. The third-order valence-electron chi connectivity index (χ3n) is 0.878. The van der Waals surface area contributed by atoms with Crippen LogP contribution in [-0.4, -0.2) is 31.9 Å². The fourth-order valence-electron chi connectivity index (χ4n) is 0.501. The van der Waals surface area contributed by atoms with Gasteiger partial charge in [-0.2, -0.15) is 0 Å². The van der Waals surface area contributed by atoms with Crippen molar-refractivity contribution in [2.75, 3.05) is 13.2 Å². The lowest BCUT2D eigenvalue weighted by molar-refractivity contribution is 0.214. The summed E-state index contributed by atoms with van der Waals surface area (Å²) in [6, 6.07) is 0. The predicted molar refractivity (Wildman–Crippen MR) is 60.7 cm³/mol. The monoisotopic (exact) mass is 284 g/mol. The van der Waals surface area contributed by atoms with Crippen LogP contribution in [0.3, 0.4) is 0 Å². The number of halogens is 4. The second-order valence-corrected chi connectivity index (χ2v) is 7.73. The van der Waals surface area contributed by atoms with Crippen molar-refractivity contribution >= 4 is 56.4 Å². The number of rotatable bonds is 6. The van der Waals surface area contributed by atoms with Gasteiger partial charge in [0, 0.05) is 0 Å². The summed E-state index contributed by atoms with van der Waals surface area (Å²) in [5, 5.41) is 0. The van der Waals surface area contributed by atoms with E-state index in [1.807, 2.05) is 0 Å². The van der Waals surface area contributed by atoms with Crippen LogP contribution in [0, 0.1) is 0 Å². The molecule has 0 amide bonds. The van der Waals surface area contributed by atoms with Gasteiger partial charge in [0.1, 0.15) is 8.67 Å². The lowest BCUT2D eigenvalue weighted by Gasteiger charge is -2.16. The molecule has 0 aliphatic rings. The van der Waals surface area contributed by atoms with Crippen LogP contribution in [0.1, 0.15) is 13.8 Å². The smallest absolute Gasteiger partial charge is 0.304 e. The van der Waals surface area contributed by atoms with E-state index in [2.05, 4.69) is 0 Å². The molecule has 0 aliphatic carbocycles. The molecule has 0 N–H and O–H groups in total. The van der Waals surface area contributed by atoms with E-state index in [-0.39, 0.29) is 13.2 Å². The van der Waals surface area contributed by atoms with Crippen LogP contribution in [0.15, 0.2) is 0 Å². The van der Waals surface area contributed by atoms with Crippen LogP contribution in [-0.2, 0) is 8.85 Å². The molecule has 0 saturated carbocycles. The van der Waals surface area contributed by atoms with Crippen molar-refractivity contribution in [1.29, 1.82) is 0 Å². The highest BCUT2D eigenvalue weighted by atomic mass is 35.5. The molecule has 0 radical (unpaired) electrons. The second kappa shape index (κ2) is 6.01. The summed E-state index contributed by atoms with van der Waals surface area (Å²) in [5.74, 6) is 0. The molecular formula is C6H12Cl4O2Si. The Morgan fingerprint density at radius 3 is 1.46 bits per heavy atom. The molecule has 0 aromatic heterocycles. The first kappa shape index (κ1) is 14.3. The van der Waals surface area contributed by atoms with Gasteiger partial charge in [-0.25, -0.2) is 0 Å². The van der Waals surface area contributed by atoms with Crippen molar-refractivity contribution in [3.8, 4) is 0 Å². The maximum atomic E-state index is 5.66. The van der Waals surface area contributed by atoms with Crippen molar-refractivity contribution in [1.82, 2.24) is 0 Å². The average Bonchev–Trinajstić information content (AvgIpc) is 1.81. The molecule has 0 heterocycles. The summed E-state index contributed by atoms with van der Waals surface area (Å²) in [4.78, 5) is 0. The Labute approximate surface area is 101 Å². The Morgan fingerprint density at radius 1 is 0.923 bits per heavy atom. The molecule has 0 bridgehead atoms. The van der Waals surface area contributed by atoms with E-state index in [1.165, 1.54) is 0 Å². The van der Waals surface area contributed by atoms with Crippen LogP contribution in [0.5, 0.6) is 0 Å². The van der Waals surface area contributed by atoms with Gasteiger partial charge in [0.2, 0.25) is 0 Å². The van der Waals surface area contributed by atoms with E-state index in [0.29, 0.717) is 0 Å². The van der Waals surface area contributed by atoms with Gasteiger partial charge in [0.15, 0.2) is 0 Å². The third-order valence-corrected chi connectivity index (χ3v) is 2.06. The van der Waals surface area contributed by atoms with Crippen LogP contribution in [0.25, 0.3) is 0 Å². The quantitative estimate of drug-likeness (QED) is 0.424. The minimum Gasteiger partial charge on any atom is -0.396 e. The van der Waals surface area contributed by atoms with Gasteiger partial charge in [0.25, 0.3) is 0 Å². The number of hydrogen-bond acceptors (Lipinski definition) is 2. The molecular weight excluding hydrogens is 274 g/mol. The van der Waals surface area contributed by atoms with Gasteiger partial charge in [-0.3, -0.25) is 0 Å². The van der Waals surface area contributed by atoms with Crippen molar-refractivity contribution in [2.24, 2.45) is 0 Å². The van der Waals surface area contributed by atoms with Crippen LogP contribution < -0.4 is 0 Å². The fraction of sp³-hybridized carbons (Fsp3) is 1.00. The van der Waals surface area contributed by atoms with Crippen molar-refractivity contribution in [2.45, 2.75) is 22.5 Å². The lowest BCUT2D eigenvalue weighted by atomic mass is 10.5. The summed E-state index contributed by atoms with van der Waals surface area (Å²) in [5.41, 5.74) is 0. The molecule has 0 aromatic rings. The van der Waals surface area contributed by atoms with Crippen molar-refractivity contribution in [3.63, 3.8) is 0 Å². The Morgan fingerprint density at radius 2 is 1.23 bits per heavy atom. The summed E-state index contributed by atoms with van der Waals surface area (Å²) in [7, 11) is -1.09. The highest BCUT2D eigenvalue weighted by molar-refractivity contribution is 6.48. The lowest BCUT2D eigenvalue weighted by Crippen LogP contribution is -2.23. The SMILES string of the molecule is CC(Cl)(Cl)CO[SiH2]OCC(C)(Cl)Cl. The van der Waals surface area contributed by atoms with E-state index in [4.69, 9.17) is 55.3 Å². The van der Waals surface area contributed by atoms with Crippen LogP contribution >= 0.6 is 46.4 Å². The topological polar surface area (TPSA) is 18.5 Å². The Hall–Kier alpha value is 1.30. The van der Waals surface area contributed by atoms with Gasteiger partial charge in [-0.15, -0.1) is 0 Å². The normalized spacial score (nSPS) is 13.4. The van der Waals surface area contributed by atoms with Crippen molar-refractivity contribution < 1.29 is 8.85 Å². The Balaban J connectivity index is 3.28. The van der Waals surface area contributed by atoms with Crippen LogP contribution in [0.4, 0.5) is 0 Å². The molecule has 0 unspecified atom stereocenters. The number of alkyl halides is 4. The molecule has 0 aliphatic heterocycles. The van der Waals surface area contributed by atoms with Crippen molar-refractivity contribution in [3.05, 3.63) is 0 Å². The molecule has 0 spiro atoms. The zero-order valence-corrected chi connectivity index (χ0v) is 11.9.